The Morgan fingerprint density at radius 2 is 1.86 bits per heavy atom. The van der Waals surface area contributed by atoms with E-state index >= 15 is 0 Å². The Bertz CT molecular complexity index is 496. The molecule has 0 aliphatic carbocycles. The third kappa shape index (κ3) is 3.65. The van der Waals surface area contributed by atoms with Gasteiger partial charge in [0.1, 0.15) is 6.10 Å². The Hall–Kier alpha value is -1.33. The summed E-state index contributed by atoms with van der Waals surface area (Å²) in [7, 11) is -1.84. The van der Waals surface area contributed by atoms with Crippen LogP contribution in [-0.2, 0) is 9.16 Å². The molecule has 0 radical (unpaired) electrons. The largest absolute Gasteiger partial charge is 0.441 e. The summed E-state index contributed by atoms with van der Waals surface area (Å²) in [6.45, 7) is 11.4. The van der Waals surface area contributed by atoms with E-state index in [9.17, 15) is 4.79 Å². The average molecular weight is 307 g/mol. The summed E-state index contributed by atoms with van der Waals surface area (Å²) in [4.78, 5) is 11.6. The number of alkyl carbamates (subject to hydrolysis) is 1. The van der Waals surface area contributed by atoms with Crippen LogP contribution in [0.5, 0.6) is 0 Å². The van der Waals surface area contributed by atoms with Gasteiger partial charge in [0.05, 0.1) is 12.6 Å². The fourth-order valence-corrected chi connectivity index (χ4v) is 3.07. The maximum absolute atomic E-state index is 11.6. The third-order valence-electron chi connectivity index (χ3n) is 4.48. The highest BCUT2D eigenvalue weighted by Crippen LogP contribution is 2.37. The van der Waals surface area contributed by atoms with Crippen molar-refractivity contribution in [2.75, 3.05) is 6.61 Å². The van der Waals surface area contributed by atoms with Crippen molar-refractivity contribution in [3.8, 4) is 0 Å². The molecule has 4 nitrogen and oxygen atoms in total. The first-order chi connectivity index (χ1) is 9.71. The minimum absolute atomic E-state index is 0.136. The van der Waals surface area contributed by atoms with E-state index in [-0.39, 0.29) is 23.3 Å². The molecule has 21 heavy (non-hydrogen) atoms. The molecule has 1 aromatic rings. The summed E-state index contributed by atoms with van der Waals surface area (Å²) in [6.07, 6.45) is -0.637. The van der Waals surface area contributed by atoms with Gasteiger partial charge in [-0.1, -0.05) is 51.1 Å². The predicted octanol–water partition coefficient (Wildman–Crippen LogP) is 3.86. The number of hydrogen-bond acceptors (Lipinski definition) is 3. The van der Waals surface area contributed by atoms with Crippen molar-refractivity contribution < 1.29 is 14.0 Å². The zero-order valence-corrected chi connectivity index (χ0v) is 14.5. The van der Waals surface area contributed by atoms with Gasteiger partial charge >= 0.3 is 6.09 Å². The number of cyclic esters (lactones) is 1. The van der Waals surface area contributed by atoms with Crippen molar-refractivity contribution >= 4 is 14.4 Å². The monoisotopic (exact) mass is 307 g/mol. The van der Waals surface area contributed by atoms with Crippen LogP contribution in [0.4, 0.5) is 4.79 Å². The second-order valence-electron chi connectivity index (χ2n) is 7.05. The van der Waals surface area contributed by atoms with Crippen LogP contribution in [0.25, 0.3) is 0 Å². The number of hydrogen-bond donors (Lipinski definition) is 1. The fraction of sp³-hybridized carbons (Fsp3) is 0.562. The molecule has 1 aromatic carbocycles. The smallest absolute Gasteiger partial charge is 0.408 e. The molecule has 5 heteroatoms. The SMILES string of the molecule is CC(C)(C)[Si](C)(C)OC[C@@H]1OC(=O)N[C@H]1c1ccccc1. The molecule has 1 aliphatic heterocycles. The molecule has 2 rings (SSSR count). The van der Waals surface area contributed by atoms with Gasteiger partial charge in [0.2, 0.25) is 0 Å². The second kappa shape index (κ2) is 5.81. The summed E-state index contributed by atoms with van der Waals surface area (Å²) in [5, 5.41) is 3.01. The standard InChI is InChI=1S/C16H25NO3Si/c1-16(2,3)21(4,5)19-11-13-14(17-15(18)20-13)12-9-7-6-8-10-12/h6-10,13-14H,11H2,1-5H3,(H,17,18)/t13-,14-/m0/s1. The van der Waals surface area contributed by atoms with E-state index in [0.29, 0.717) is 6.61 Å². The first-order valence-electron chi connectivity index (χ1n) is 7.37. The predicted molar refractivity (Wildman–Crippen MR) is 85.7 cm³/mol. The Balaban J connectivity index is 2.06. The number of rotatable bonds is 4. The molecule has 1 N–H and O–H groups in total. The van der Waals surface area contributed by atoms with Crippen molar-refractivity contribution in [1.29, 1.82) is 0 Å². The van der Waals surface area contributed by atoms with E-state index in [0.717, 1.165) is 5.56 Å². The van der Waals surface area contributed by atoms with Crippen molar-refractivity contribution in [2.24, 2.45) is 0 Å². The summed E-state index contributed by atoms with van der Waals surface area (Å²) >= 11 is 0. The Morgan fingerprint density at radius 3 is 2.43 bits per heavy atom. The fourth-order valence-electron chi connectivity index (χ4n) is 2.06. The van der Waals surface area contributed by atoms with Crippen LogP contribution in [0, 0.1) is 0 Å². The van der Waals surface area contributed by atoms with Gasteiger partial charge in [-0.05, 0) is 23.7 Å². The lowest BCUT2D eigenvalue weighted by Gasteiger charge is -2.37. The molecule has 1 saturated heterocycles. The highest BCUT2D eigenvalue weighted by molar-refractivity contribution is 6.74. The van der Waals surface area contributed by atoms with Gasteiger partial charge in [0.15, 0.2) is 8.32 Å². The van der Waals surface area contributed by atoms with Gasteiger partial charge in [0, 0.05) is 0 Å². The Morgan fingerprint density at radius 1 is 1.24 bits per heavy atom. The molecule has 1 heterocycles. The Kier molecular flexibility index (Phi) is 4.44. The molecule has 0 aromatic heterocycles. The zero-order chi connectivity index (χ0) is 15.7. The highest BCUT2D eigenvalue weighted by atomic mass is 28.4. The molecular formula is C16H25NO3Si. The van der Waals surface area contributed by atoms with Crippen LogP contribution in [0.1, 0.15) is 32.4 Å². The molecule has 1 fully saturated rings. The maximum atomic E-state index is 11.6. The summed E-state index contributed by atoms with van der Waals surface area (Å²) in [5.41, 5.74) is 1.05. The van der Waals surface area contributed by atoms with E-state index in [1.807, 2.05) is 30.3 Å². The molecule has 0 spiro atoms. The van der Waals surface area contributed by atoms with Crippen molar-refractivity contribution in [3.05, 3.63) is 35.9 Å². The molecular weight excluding hydrogens is 282 g/mol. The van der Waals surface area contributed by atoms with Crippen LogP contribution in [-0.4, -0.2) is 27.1 Å². The van der Waals surface area contributed by atoms with Crippen LogP contribution in [0.3, 0.4) is 0 Å². The minimum atomic E-state index is -1.84. The average Bonchev–Trinajstić information content (AvgIpc) is 2.77. The number of amides is 1. The van der Waals surface area contributed by atoms with E-state index < -0.39 is 8.32 Å². The third-order valence-corrected chi connectivity index (χ3v) is 8.98. The van der Waals surface area contributed by atoms with Gasteiger partial charge < -0.3 is 14.5 Å². The molecule has 1 aliphatic rings. The number of nitrogens with one attached hydrogen (secondary N) is 1. The molecule has 1 amide bonds. The van der Waals surface area contributed by atoms with E-state index in [1.165, 1.54) is 0 Å². The van der Waals surface area contributed by atoms with E-state index in [1.54, 1.807) is 0 Å². The topological polar surface area (TPSA) is 47.6 Å². The summed E-state index contributed by atoms with van der Waals surface area (Å²) in [6, 6.07) is 9.75. The lowest BCUT2D eigenvalue weighted by molar-refractivity contribution is 0.0866. The van der Waals surface area contributed by atoms with Gasteiger partial charge in [-0.15, -0.1) is 0 Å². The van der Waals surface area contributed by atoms with Gasteiger partial charge in [-0.25, -0.2) is 4.79 Å². The maximum Gasteiger partial charge on any atom is 0.408 e. The van der Waals surface area contributed by atoms with Crippen molar-refractivity contribution in [3.63, 3.8) is 0 Å². The van der Waals surface area contributed by atoms with E-state index in [2.05, 4.69) is 39.2 Å². The van der Waals surface area contributed by atoms with Crippen LogP contribution < -0.4 is 5.32 Å². The zero-order valence-electron chi connectivity index (χ0n) is 13.5. The number of benzene rings is 1. The molecule has 116 valence electrons. The van der Waals surface area contributed by atoms with Crippen LogP contribution in [0.2, 0.25) is 18.1 Å². The van der Waals surface area contributed by atoms with E-state index in [4.69, 9.17) is 9.16 Å². The Labute approximate surface area is 128 Å². The molecule has 0 unspecified atom stereocenters. The van der Waals surface area contributed by atoms with Crippen LogP contribution >= 0.6 is 0 Å². The lowest BCUT2D eigenvalue weighted by atomic mass is 10.0. The van der Waals surface area contributed by atoms with Gasteiger partial charge in [0.25, 0.3) is 0 Å². The van der Waals surface area contributed by atoms with Gasteiger partial charge in [-0.3, -0.25) is 0 Å². The van der Waals surface area contributed by atoms with Crippen molar-refractivity contribution in [2.45, 2.75) is 51.0 Å². The quantitative estimate of drug-likeness (QED) is 0.859. The number of carbonyl (C=O) groups is 1. The minimum Gasteiger partial charge on any atom is -0.441 e. The first kappa shape index (κ1) is 16.0. The second-order valence-corrected chi connectivity index (χ2v) is 11.9. The highest BCUT2D eigenvalue weighted by Gasteiger charge is 2.41. The molecule has 2 atom stereocenters. The number of carbonyl (C=O) groups excluding carboxylic acids is 1. The van der Waals surface area contributed by atoms with Crippen molar-refractivity contribution in [1.82, 2.24) is 5.32 Å². The number of ether oxygens (including phenoxy) is 1. The summed E-state index contributed by atoms with van der Waals surface area (Å²) < 4.78 is 11.6. The molecule has 0 saturated carbocycles. The first-order valence-corrected chi connectivity index (χ1v) is 10.3. The summed E-state index contributed by atoms with van der Waals surface area (Å²) in [5.74, 6) is 0. The van der Waals surface area contributed by atoms with Gasteiger partial charge in [-0.2, -0.15) is 0 Å². The molecule has 0 bridgehead atoms. The van der Waals surface area contributed by atoms with Crippen LogP contribution in [0.15, 0.2) is 30.3 Å². The normalized spacial score (nSPS) is 22.8. The lowest BCUT2D eigenvalue weighted by Crippen LogP contribution is -2.43.